The number of fused-ring (bicyclic) bond motifs is 1. The number of H-pyrrole nitrogens is 1. The summed E-state index contributed by atoms with van der Waals surface area (Å²) in [6, 6.07) is 14.2. The van der Waals surface area contributed by atoms with Crippen molar-refractivity contribution in [2.24, 2.45) is 11.7 Å². The van der Waals surface area contributed by atoms with E-state index >= 15 is 0 Å². The Hall–Kier alpha value is -3.25. The molecule has 51 heavy (non-hydrogen) atoms. The molecule has 0 unspecified atom stereocenters. The van der Waals surface area contributed by atoms with Crippen LogP contribution in [0.2, 0.25) is 10.0 Å². The predicted molar refractivity (Wildman–Crippen MR) is 206 cm³/mol. The molecule has 0 radical (unpaired) electrons. The molecule has 12 heteroatoms. The minimum Gasteiger partial charge on any atom is -0.396 e. The molecule has 2 heterocycles. The lowest BCUT2D eigenvalue weighted by Gasteiger charge is -2.30. The number of carbonyl (C=O) groups excluding carboxylic acids is 3. The highest BCUT2D eigenvalue weighted by Gasteiger charge is 2.30. The number of para-hydroxylation sites is 1. The van der Waals surface area contributed by atoms with Crippen molar-refractivity contribution in [2.75, 3.05) is 20.2 Å². The molecule has 0 fully saturated rings. The largest absolute Gasteiger partial charge is 0.396 e. The number of aliphatic hydroxyl groups excluding tert-OH is 1. The van der Waals surface area contributed by atoms with Crippen LogP contribution in [0.4, 0.5) is 0 Å². The summed E-state index contributed by atoms with van der Waals surface area (Å²) in [4.78, 5) is 50.4. The van der Waals surface area contributed by atoms with E-state index in [1.54, 1.807) is 24.2 Å². The molecule has 3 atom stereocenters. The molecule has 2 aromatic heterocycles. The van der Waals surface area contributed by atoms with Crippen LogP contribution in [0, 0.1) is 5.92 Å². The number of nitrogens with two attached hydrogens (primary N) is 1. The van der Waals surface area contributed by atoms with Gasteiger partial charge >= 0.3 is 0 Å². The fraction of sp³-hybridized carbons (Fsp3) is 0.436. The maximum Gasteiger partial charge on any atom is 0.225 e. The zero-order valence-corrected chi connectivity index (χ0v) is 31.9. The topological polar surface area (TPSA) is 141 Å². The molecule has 0 aliphatic carbocycles. The number of unbranched alkanes of at least 4 members (excludes halogenated alkanes) is 1. The molecule has 0 saturated carbocycles. The Labute approximate surface area is 315 Å². The van der Waals surface area contributed by atoms with Gasteiger partial charge in [-0.3, -0.25) is 14.4 Å². The monoisotopic (exact) mass is 753 g/mol. The lowest BCUT2D eigenvalue weighted by molar-refractivity contribution is -0.141. The molecule has 2 aromatic carbocycles. The van der Waals surface area contributed by atoms with E-state index in [1.165, 1.54) is 18.7 Å². The van der Waals surface area contributed by atoms with Crippen LogP contribution in [-0.2, 0) is 33.8 Å². The third-order valence-electron chi connectivity index (χ3n) is 9.24. The summed E-state index contributed by atoms with van der Waals surface area (Å²) in [5.41, 5.74) is 9.31. The number of rotatable bonds is 21. The van der Waals surface area contributed by atoms with Gasteiger partial charge in [-0.25, -0.2) is 4.98 Å². The standard InChI is InChI=1S/C39H49Cl2N5O4S/c1-25(10-6-7-17-42)39(50)46(3)35(21-29-24-45-34-13-5-4-12-31(29)34)36(49)16-15-27-20-30(40)22-32(41)37(27)51-38-28(11-8-18-43-38)23-44-33(26(2)48)14-9-19-47/h4-5,8,11-13,18,20,22,24-25,33,35,44-45,47H,6-7,9-10,14-17,19,21,23,42H2,1-3H3/t25-,33-,35-/m0/s1. The van der Waals surface area contributed by atoms with Crippen LogP contribution in [0.25, 0.3) is 10.9 Å². The van der Waals surface area contributed by atoms with E-state index in [-0.39, 0.29) is 42.5 Å². The molecule has 0 saturated heterocycles. The van der Waals surface area contributed by atoms with E-state index in [9.17, 15) is 19.5 Å². The van der Waals surface area contributed by atoms with Gasteiger partial charge in [-0.15, -0.1) is 0 Å². The first kappa shape index (κ1) is 40.5. The fourth-order valence-electron chi connectivity index (χ4n) is 6.26. The second-order valence-corrected chi connectivity index (χ2v) is 14.9. The van der Waals surface area contributed by atoms with E-state index in [1.807, 2.05) is 55.6 Å². The van der Waals surface area contributed by atoms with Gasteiger partial charge in [0.2, 0.25) is 5.91 Å². The van der Waals surface area contributed by atoms with Crippen LogP contribution >= 0.6 is 35.0 Å². The summed E-state index contributed by atoms with van der Waals surface area (Å²) >= 11 is 14.7. The predicted octanol–water partition coefficient (Wildman–Crippen LogP) is 7.18. The van der Waals surface area contributed by atoms with Gasteiger partial charge in [0.15, 0.2) is 5.78 Å². The van der Waals surface area contributed by atoms with Crippen molar-refractivity contribution in [3.05, 3.63) is 87.7 Å². The van der Waals surface area contributed by atoms with Crippen LogP contribution in [-0.4, -0.2) is 69.7 Å². The van der Waals surface area contributed by atoms with Gasteiger partial charge in [0.25, 0.3) is 0 Å². The molecule has 274 valence electrons. The molecule has 0 aliphatic rings. The van der Waals surface area contributed by atoms with Crippen LogP contribution < -0.4 is 11.1 Å². The van der Waals surface area contributed by atoms with Crippen LogP contribution in [0.15, 0.2) is 70.8 Å². The van der Waals surface area contributed by atoms with Crippen molar-refractivity contribution >= 4 is 63.3 Å². The summed E-state index contributed by atoms with van der Waals surface area (Å²) in [5, 5.41) is 15.2. The number of likely N-dealkylation sites (N-methyl/N-ethyl adjacent to an activating group) is 1. The number of aromatic amines is 1. The Kier molecular flexibility index (Phi) is 16.0. The van der Waals surface area contributed by atoms with Gasteiger partial charge in [0.05, 0.1) is 17.1 Å². The van der Waals surface area contributed by atoms with E-state index < -0.39 is 6.04 Å². The highest BCUT2D eigenvalue weighted by atomic mass is 35.5. The average molecular weight is 755 g/mol. The van der Waals surface area contributed by atoms with Crippen LogP contribution in [0.5, 0.6) is 0 Å². The second-order valence-electron chi connectivity index (χ2n) is 13.0. The fourth-order valence-corrected chi connectivity index (χ4v) is 7.94. The molecule has 5 N–H and O–H groups in total. The summed E-state index contributed by atoms with van der Waals surface area (Å²) in [5.74, 6) is -0.354. The molecule has 1 amide bonds. The Balaban J connectivity index is 1.57. The Morgan fingerprint density at radius 2 is 1.82 bits per heavy atom. The van der Waals surface area contributed by atoms with Crippen LogP contribution in [0.3, 0.4) is 0 Å². The maximum absolute atomic E-state index is 14.2. The quantitative estimate of drug-likeness (QED) is 0.0657. The first-order chi connectivity index (χ1) is 24.5. The molecule has 0 spiro atoms. The van der Waals surface area contributed by atoms with E-state index in [2.05, 4.69) is 15.3 Å². The number of Topliss-reactive ketones (excluding diaryl/α,β-unsaturated/α-hetero) is 2. The number of benzene rings is 2. The molecule has 9 nitrogen and oxygen atoms in total. The summed E-state index contributed by atoms with van der Waals surface area (Å²) in [6.45, 7) is 4.45. The van der Waals surface area contributed by atoms with Crippen molar-refractivity contribution in [2.45, 2.75) is 93.8 Å². The number of aliphatic hydroxyl groups is 1. The number of halogens is 2. The molecular formula is C39H49Cl2N5O4S. The minimum atomic E-state index is -0.673. The lowest BCUT2D eigenvalue weighted by Crippen LogP contribution is -2.46. The molecule has 0 bridgehead atoms. The average Bonchev–Trinajstić information content (AvgIpc) is 3.53. The maximum atomic E-state index is 14.2. The van der Waals surface area contributed by atoms with Crippen molar-refractivity contribution in [3.8, 4) is 0 Å². The Morgan fingerprint density at radius 1 is 1.04 bits per heavy atom. The minimum absolute atomic E-state index is 0.00522. The Morgan fingerprint density at radius 3 is 2.57 bits per heavy atom. The van der Waals surface area contributed by atoms with Crippen molar-refractivity contribution in [3.63, 3.8) is 0 Å². The number of aryl methyl sites for hydroxylation is 1. The number of nitrogens with one attached hydrogen (secondary N) is 2. The van der Waals surface area contributed by atoms with E-state index in [0.717, 1.165) is 45.3 Å². The zero-order chi connectivity index (χ0) is 36.9. The van der Waals surface area contributed by atoms with Gasteiger partial charge in [0, 0.05) is 72.2 Å². The van der Waals surface area contributed by atoms with E-state index in [0.29, 0.717) is 60.3 Å². The lowest BCUT2D eigenvalue weighted by atomic mass is 9.94. The SMILES string of the molecule is CC(=O)[C@H](CCCO)NCc1cccnc1Sc1c(Cl)cc(Cl)cc1CCC(=O)[C@H](Cc1c[nH]c2ccccc12)N(C)C(=O)[C@@H](C)CCCCN. The third kappa shape index (κ3) is 11.4. The van der Waals surface area contributed by atoms with Gasteiger partial charge in [-0.2, -0.15) is 0 Å². The van der Waals surface area contributed by atoms with Gasteiger partial charge in [-0.05, 0) is 86.5 Å². The highest BCUT2D eigenvalue weighted by molar-refractivity contribution is 7.99. The zero-order valence-electron chi connectivity index (χ0n) is 29.6. The first-order valence-electron chi connectivity index (χ1n) is 17.5. The summed E-state index contributed by atoms with van der Waals surface area (Å²) in [7, 11) is 1.73. The summed E-state index contributed by atoms with van der Waals surface area (Å²) in [6.07, 6.45) is 7.98. The number of aromatic nitrogens is 2. The number of hydrogen-bond donors (Lipinski definition) is 4. The van der Waals surface area contributed by atoms with Crippen molar-refractivity contribution in [1.29, 1.82) is 0 Å². The second kappa shape index (κ2) is 20.1. The normalized spacial score (nSPS) is 13.2. The van der Waals surface area contributed by atoms with E-state index in [4.69, 9.17) is 28.9 Å². The molecule has 4 rings (SSSR count). The van der Waals surface area contributed by atoms with Gasteiger partial charge < -0.3 is 26.0 Å². The molecule has 0 aliphatic heterocycles. The first-order valence-corrected chi connectivity index (χ1v) is 19.1. The summed E-state index contributed by atoms with van der Waals surface area (Å²) < 4.78 is 0. The number of carbonyl (C=O) groups is 3. The van der Waals surface area contributed by atoms with Crippen molar-refractivity contribution < 1.29 is 19.5 Å². The number of hydrogen-bond acceptors (Lipinski definition) is 8. The molecular weight excluding hydrogens is 705 g/mol. The number of pyridine rings is 1. The van der Waals surface area contributed by atoms with Crippen LogP contribution in [0.1, 0.15) is 69.1 Å². The Bertz CT molecular complexity index is 1780. The number of nitrogens with zero attached hydrogens (tertiary/aromatic N) is 2. The molecule has 4 aromatic rings. The smallest absolute Gasteiger partial charge is 0.225 e. The van der Waals surface area contributed by atoms with Gasteiger partial charge in [0.1, 0.15) is 10.8 Å². The number of ketones is 2. The third-order valence-corrected chi connectivity index (χ3v) is 11.1. The number of amides is 1. The van der Waals surface area contributed by atoms with Crippen molar-refractivity contribution in [1.82, 2.24) is 20.2 Å². The van der Waals surface area contributed by atoms with Gasteiger partial charge in [-0.1, -0.05) is 72.6 Å². The highest BCUT2D eigenvalue weighted by Crippen LogP contribution is 2.39.